The highest BCUT2D eigenvalue weighted by Crippen LogP contribution is 2.41. The number of Topliss-reactive ketones (excluding diaryl/α,β-unsaturated/α-hetero) is 1. The van der Waals surface area contributed by atoms with Crippen LogP contribution in [0.5, 0.6) is 0 Å². The number of esters is 1. The minimum absolute atomic E-state index is 0.115. The molecule has 0 aromatic heterocycles. The summed E-state index contributed by atoms with van der Waals surface area (Å²) in [5, 5.41) is 0. The van der Waals surface area contributed by atoms with Gasteiger partial charge in [-0.1, -0.05) is 38.1 Å². The first kappa shape index (κ1) is 17.5. The van der Waals surface area contributed by atoms with Crippen molar-refractivity contribution in [1.29, 1.82) is 0 Å². The summed E-state index contributed by atoms with van der Waals surface area (Å²) in [6.45, 7) is 8.03. The molecule has 0 saturated heterocycles. The van der Waals surface area contributed by atoms with E-state index in [1.165, 1.54) is 0 Å². The van der Waals surface area contributed by atoms with Crippen molar-refractivity contribution in [3.05, 3.63) is 48.6 Å². The molecule has 3 heteroatoms. The third kappa shape index (κ3) is 4.78. The second-order valence-electron chi connectivity index (χ2n) is 7.12. The first-order valence-corrected chi connectivity index (χ1v) is 8.32. The molecule has 0 unspecified atom stereocenters. The SMILES string of the molecule is C=CCCC(=O)[C@@H]1CC(C)(C)CC[C@@H]1OC(=O)c1ccccc1. The standard InChI is InChI=1S/C20H26O3/c1-4-5-11-17(21)16-14-20(2,3)13-12-18(16)23-19(22)15-9-7-6-8-10-15/h4,6-10,16,18H,1,5,11-14H2,2-3H3/t16-,18-/m0/s1. The molecule has 0 spiro atoms. The molecule has 0 radical (unpaired) electrons. The van der Waals surface area contributed by atoms with E-state index in [-0.39, 0.29) is 29.2 Å². The molecule has 2 atom stereocenters. The molecule has 124 valence electrons. The molecule has 0 N–H and O–H groups in total. The van der Waals surface area contributed by atoms with Gasteiger partial charge in [0.2, 0.25) is 0 Å². The number of ketones is 1. The van der Waals surface area contributed by atoms with Crippen LogP contribution < -0.4 is 0 Å². The molecule has 1 fully saturated rings. The Balaban J connectivity index is 2.09. The summed E-state index contributed by atoms with van der Waals surface area (Å²) in [6, 6.07) is 8.97. The van der Waals surface area contributed by atoms with Gasteiger partial charge in [-0.3, -0.25) is 4.79 Å². The molecule has 1 aromatic rings. The van der Waals surface area contributed by atoms with Crippen LogP contribution in [0, 0.1) is 11.3 Å². The van der Waals surface area contributed by atoms with Crippen LogP contribution in [-0.2, 0) is 9.53 Å². The lowest BCUT2D eigenvalue weighted by Gasteiger charge is -2.39. The third-order valence-electron chi connectivity index (χ3n) is 4.60. The summed E-state index contributed by atoms with van der Waals surface area (Å²) in [5.41, 5.74) is 0.652. The Bertz CT molecular complexity index is 560. The van der Waals surface area contributed by atoms with E-state index in [9.17, 15) is 9.59 Å². The second kappa shape index (κ2) is 7.58. The topological polar surface area (TPSA) is 43.4 Å². The molecule has 0 aliphatic heterocycles. The zero-order chi connectivity index (χ0) is 16.9. The molecule has 1 aromatic carbocycles. The van der Waals surface area contributed by atoms with E-state index in [2.05, 4.69) is 20.4 Å². The van der Waals surface area contributed by atoms with Crippen LogP contribution >= 0.6 is 0 Å². The number of rotatable bonds is 6. The van der Waals surface area contributed by atoms with Gasteiger partial charge in [-0.2, -0.15) is 0 Å². The maximum atomic E-state index is 12.5. The number of carbonyl (C=O) groups excluding carboxylic acids is 2. The largest absolute Gasteiger partial charge is 0.458 e. The van der Waals surface area contributed by atoms with Crippen molar-refractivity contribution in [1.82, 2.24) is 0 Å². The summed E-state index contributed by atoms with van der Waals surface area (Å²) in [4.78, 5) is 24.8. The van der Waals surface area contributed by atoms with E-state index in [1.807, 2.05) is 18.2 Å². The average Bonchev–Trinajstić information content (AvgIpc) is 2.54. The summed E-state index contributed by atoms with van der Waals surface area (Å²) in [7, 11) is 0. The highest BCUT2D eigenvalue weighted by Gasteiger charge is 2.40. The van der Waals surface area contributed by atoms with Crippen molar-refractivity contribution in [2.24, 2.45) is 11.3 Å². The number of allylic oxidation sites excluding steroid dienone is 1. The van der Waals surface area contributed by atoms with Gasteiger partial charge >= 0.3 is 5.97 Å². The fraction of sp³-hybridized carbons (Fsp3) is 0.500. The number of hydrogen-bond donors (Lipinski definition) is 0. The Morgan fingerprint density at radius 3 is 2.65 bits per heavy atom. The third-order valence-corrected chi connectivity index (χ3v) is 4.60. The van der Waals surface area contributed by atoms with Crippen molar-refractivity contribution in [3.8, 4) is 0 Å². The normalized spacial score (nSPS) is 23.0. The molecule has 2 rings (SSSR count). The van der Waals surface area contributed by atoms with Crippen LogP contribution in [0.25, 0.3) is 0 Å². The molecule has 0 heterocycles. The number of carbonyl (C=O) groups is 2. The first-order chi connectivity index (χ1) is 10.9. The predicted molar refractivity (Wildman–Crippen MR) is 91.2 cm³/mol. The van der Waals surface area contributed by atoms with Crippen molar-refractivity contribution in [3.63, 3.8) is 0 Å². The first-order valence-electron chi connectivity index (χ1n) is 8.32. The molecular formula is C20H26O3. The Labute approximate surface area is 138 Å². The molecule has 1 saturated carbocycles. The predicted octanol–water partition coefficient (Wildman–Crippen LogP) is 4.57. The number of ether oxygens (including phenoxy) is 1. The Hall–Kier alpha value is -1.90. The van der Waals surface area contributed by atoms with Crippen molar-refractivity contribution in [2.75, 3.05) is 0 Å². The van der Waals surface area contributed by atoms with E-state index in [1.54, 1.807) is 18.2 Å². The van der Waals surface area contributed by atoms with E-state index in [4.69, 9.17) is 4.74 Å². The van der Waals surface area contributed by atoms with Gasteiger partial charge in [-0.15, -0.1) is 6.58 Å². The van der Waals surface area contributed by atoms with Crippen LogP contribution in [0.15, 0.2) is 43.0 Å². The van der Waals surface area contributed by atoms with E-state index in [0.717, 1.165) is 19.3 Å². The lowest BCUT2D eigenvalue weighted by atomic mass is 9.69. The van der Waals surface area contributed by atoms with Gasteiger partial charge in [-0.25, -0.2) is 4.79 Å². The Morgan fingerprint density at radius 2 is 2.00 bits per heavy atom. The smallest absolute Gasteiger partial charge is 0.338 e. The Kier molecular flexibility index (Phi) is 5.75. The van der Waals surface area contributed by atoms with Gasteiger partial charge in [0, 0.05) is 6.42 Å². The number of hydrogen-bond acceptors (Lipinski definition) is 3. The van der Waals surface area contributed by atoms with Crippen LogP contribution in [0.4, 0.5) is 0 Å². The second-order valence-corrected chi connectivity index (χ2v) is 7.12. The summed E-state index contributed by atoms with van der Waals surface area (Å²) in [6.07, 6.45) is 5.08. The molecule has 23 heavy (non-hydrogen) atoms. The minimum atomic E-state index is -0.336. The summed E-state index contributed by atoms with van der Waals surface area (Å²) >= 11 is 0. The van der Waals surface area contributed by atoms with Gasteiger partial charge in [0.25, 0.3) is 0 Å². The minimum Gasteiger partial charge on any atom is -0.458 e. The van der Waals surface area contributed by atoms with Gasteiger partial charge < -0.3 is 4.74 Å². The molecule has 3 nitrogen and oxygen atoms in total. The maximum Gasteiger partial charge on any atom is 0.338 e. The highest BCUT2D eigenvalue weighted by atomic mass is 16.5. The quantitative estimate of drug-likeness (QED) is 0.570. The van der Waals surface area contributed by atoms with Gasteiger partial charge in [0.1, 0.15) is 11.9 Å². The molecular weight excluding hydrogens is 288 g/mol. The zero-order valence-corrected chi connectivity index (χ0v) is 14.1. The maximum absolute atomic E-state index is 12.5. The average molecular weight is 314 g/mol. The zero-order valence-electron chi connectivity index (χ0n) is 14.1. The van der Waals surface area contributed by atoms with Crippen LogP contribution in [0.3, 0.4) is 0 Å². The highest BCUT2D eigenvalue weighted by molar-refractivity contribution is 5.90. The molecule has 1 aliphatic rings. The van der Waals surface area contributed by atoms with E-state index < -0.39 is 0 Å². The van der Waals surface area contributed by atoms with E-state index >= 15 is 0 Å². The van der Waals surface area contributed by atoms with Gasteiger partial charge in [-0.05, 0) is 43.2 Å². The van der Waals surface area contributed by atoms with Gasteiger partial charge in [0.15, 0.2) is 0 Å². The van der Waals surface area contributed by atoms with E-state index in [0.29, 0.717) is 18.4 Å². The fourth-order valence-electron chi connectivity index (χ4n) is 3.23. The molecule has 0 bridgehead atoms. The van der Waals surface area contributed by atoms with Crippen LogP contribution in [-0.4, -0.2) is 17.9 Å². The van der Waals surface area contributed by atoms with Gasteiger partial charge in [0.05, 0.1) is 11.5 Å². The summed E-state index contributed by atoms with van der Waals surface area (Å²) < 4.78 is 5.70. The van der Waals surface area contributed by atoms with Crippen LogP contribution in [0.1, 0.15) is 56.3 Å². The van der Waals surface area contributed by atoms with Crippen LogP contribution in [0.2, 0.25) is 0 Å². The van der Waals surface area contributed by atoms with Crippen molar-refractivity contribution >= 4 is 11.8 Å². The summed E-state index contributed by atoms with van der Waals surface area (Å²) in [5.74, 6) is -0.355. The molecule has 1 aliphatic carbocycles. The monoisotopic (exact) mass is 314 g/mol. The molecule has 0 amide bonds. The lowest BCUT2D eigenvalue weighted by molar-refractivity contribution is -0.130. The fourth-order valence-corrected chi connectivity index (χ4v) is 3.23. The van der Waals surface area contributed by atoms with Crippen molar-refractivity contribution in [2.45, 2.75) is 52.1 Å². The lowest BCUT2D eigenvalue weighted by Crippen LogP contribution is -2.40. The van der Waals surface area contributed by atoms with Crippen molar-refractivity contribution < 1.29 is 14.3 Å². The number of benzene rings is 1. The Morgan fingerprint density at radius 1 is 1.30 bits per heavy atom.